The Morgan fingerprint density at radius 1 is 1.24 bits per heavy atom. The van der Waals surface area contributed by atoms with Gasteiger partial charge in [-0.05, 0) is 25.1 Å². The van der Waals surface area contributed by atoms with Gasteiger partial charge in [0, 0.05) is 42.9 Å². The monoisotopic (exact) mass is 390 g/mol. The van der Waals surface area contributed by atoms with Crippen LogP contribution in [0.4, 0.5) is 16.2 Å². The summed E-state index contributed by atoms with van der Waals surface area (Å²) in [5, 5.41) is 5.63. The van der Waals surface area contributed by atoms with Gasteiger partial charge in [-0.2, -0.15) is 0 Å². The lowest BCUT2D eigenvalue weighted by molar-refractivity contribution is -0.116. The van der Waals surface area contributed by atoms with Crippen molar-refractivity contribution in [3.05, 3.63) is 66.2 Å². The number of oxazole rings is 1. The summed E-state index contributed by atoms with van der Waals surface area (Å²) in [5.74, 6) is 1.08. The van der Waals surface area contributed by atoms with Crippen LogP contribution in [-0.2, 0) is 11.2 Å². The maximum atomic E-state index is 12.3. The zero-order valence-electron chi connectivity index (χ0n) is 16.1. The summed E-state index contributed by atoms with van der Waals surface area (Å²) in [6, 6.07) is 15.1. The van der Waals surface area contributed by atoms with E-state index in [-0.39, 0.29) is 18.4 Å². The number of rotatable bonds is 6. The highest BCUT2D eigenvalue weighted by Gasteiger charge is 2.21. The number of carbonyl (C=O) groups excluding carboxylic acids is 2. The SMILES string of the molecule is Cc1ccc(-c2cnc(CCC(=O)Nc3cccc(N4CCNC4=O)c3)o2)cc1. The summed E-state index contributed by atoms with van der Waals surface area (Å²) >= 11 is 0. The maximum absolute atomic E-state index is 12.3. The number of anilines is 2. The van der Waals surface area contributed by atoms with E-state index in [4.69, 9.17) is 4.42 Å². The third-order valence-corrected chi connectivity index (χ3v) is 4.75. The Morgan fingerprint density at radius 3 is 2.83 bits per heavy atom. The Balaban J connectivity index is 1.34. The lowest BCUT2D eigenvalue weighted by atomic mass is 10.1. The Hall–Kier alpha value is -3.61. The summed E-state index contributed by atoms with van der Waals surface area (Å²) in [6.45, 7) is 3.27. The Kier molecular flexibility index (Phi) is 5.29. The molecule has 1 aromatic heterocycles. The molecule has 2 heterocycles. The minimum Gasteiger partial charge on any atom is -0.441 e. The van der Waals surface area contributed by atoms with Crippen molar-refractivity contribution in [2.24, 2.45) is 0 Å². The fourth-order valence-electron chi connectivity index (χ4n) is 3.19. The first-order valence-corrected chi connectivity index (χ1v) is 9.55. The molecule has 1 aliphatic heterocycles. The van der Waals surface area contributed by atoms with E-state index in [1.165, 1.54) is 5.56 Å². The summed E-state index contributed by atoms with van der Waals surface area (Å²) < 4.78 is 5.77. The summed E-state index contributed by atoms with van der Waals surface area (Å²) in [6.07, 6.45) is 2.34. The van der Waals surface area contributed by atoms with E-state index in [1.807, 2.05) is 43.3 Å². The Bertz CT molecular complexity index is 1030. The number of amides is 3. The van der Waals surface area contributed by atoms with Crippen molar-refractivity contribution in [2.45, 2.75) is 19.8 Å². The number of nitrogens with one attached hydrogen (secondary N) is 2. The molecule has 1 aliphatic rings. The van der Waals surface area contributed by atoms with Crippen molar-refractivity contribution in [1.29, 1.82) is 0 Å². The largest absolute Gasteiger partial charge is 0.441 e. The molecule has 7 nitrogen and oxygen atoms in total. The molecule has 0 unspecified atom stereocenters. The third-order valence-electron chi connectivity index (χ3n) is 4.75. The van der Waals surface area contributed by atoms with Gasteiger partial charge in [-0.15, -0.1) is 0 Å². The Labute approximate surface area is 168 Å². The average molecular weight is 390 g/mol. The topological polar surface area (TPSA) is 87.5 Å². The second kappa shape index (κ2) is 8.18. The van der Waals surface area contributed by atoms with Crippen molar-refractivity contribution >= 4 is 23.3 Å². The second-order valence-electron chi connectivity index (χ2n) is 6.97. The van der Waals surface area contributed by atoms with Gasteiger partial charge in [0.05, 0.1) is 6.20 Å². The van der Waals surface area contributed by atoms with Gasteiger partial charge in [0.25, 0.3) is 0 Å². The van der Waals surface area contributed by atoms with E-state index in [0.29, 0.717) is 36.8 Å². The molecule has 7 heteroatoms. The van der Waals surface area contributed by atoms with E-state index in [9.17, 15) is 9.59 Å². The number of hydrogen-bond acceptors (Lipinski definition) is 4. The molecule has 1 fully saturated rings. The van der Waals surface area contributed by atoms with E-state index >= 15 is 0 Å². The van der Waals surface area contributed by atoms with E-state index in [2.05, 4.69) is 15.6 Å². The molecule has 0 saturated carbocycles. The van der Waals surface area contributed by atoms with Gasteiger partial charge in [-0.25, -0.2) is 9.78 Å². The first-order valence-electron chi connectivity index (χ1n) is 9.55. The molecule has 0 aliphatic carbocycles. The van der Waals surface area contributed by atoms with Crippen LogP contribution in [0.25, 0.3) is 11.3 Å². The predicted octanol–water partition coefficient (Wildman–Crippen LogP) is 3.75. The maximum Gasteiger partial charge on any atom is 0.321 e. The lowest BCUT2D eigenvalue weighted by Gasteiger charge is -2.15. The second-order valence-corrected chi connectivity index (χ2v) is 6.97. The summed E-state index contributed by atoms with van der Waals surface area (Å²) in [7, 11) is 0. The van der Waals surface area contributed by atoms with Crippen LogP contribution in [-0.4, -0.2) is 30.0 Å². The molecule has 0 atom stereocenters. The highest BCUT2D eigenvalue weighted by Crippen LogP contribution is 2.23. The molecule has 148 valence electrons. The molecule has 2 aromatic carbocycles. The predicted molar refractivity (Wildman–Crippen MR) is 111 cm³/mol. The molecule has 0 spiro atoms. The number of benzene rings is 2. The number of aryl methyl sites for hydroxylation is 2. The standard InChI is InChI=1S/C22H22N4O3/c1-15-5-7-16(8-6-15)19-14-24-21(29-19)10-9-20(27)25-17-3-2-4-18(13-17)26-12-11-23-22(26)28/h2-8,13-14H,9-12H2,1H3,(H,23,28)(H,25,27). The highest BCUT2D eigenvalue weighted by atomic mass is 16.4. The van der Waals surface area contributed by atoms with Crippen LogP contribution in [0.5, 0.6) is 0 Å². The lowest BCUT2D eigenvalue weighted by Crippen LogP contribution is -2.27. The third kappa shape index (κ3) is 4.45. The van der Waals surface area contributed by atoms with Gasteiger partial charge >= 0.3 is 6.03 Å². The number of hydrogen-bond donors (Lipinski definition) is 2. The minimum atomic E-state index is -0.136. The van der Waals surface area contributed by atoms with Crippen molar-refractivity contribution < 1.29 is 14.0 Å². The molecule has 0 bridgehead atoms. The van der Waals surface area contributed by atoms with E-state index in [0.717, 1.165) is 11.3 Å². The van der Waals surface area contributed by atoms with Crippen LogP contribution in [0.2, 0.25) is 0 Å². The highest BCUT2D eigenvalue weighted by molar-refractivity contribution is 5.96. The fourth-order valence-corrected chi connectivity index (χ4v) is 3.19. The van der Waals surface area contributed by atoms with Crippen LogP contribution >= 0.6 is 0 Å². The van der Waals surface area contributed by atoms with Crippen molar-refractivity contribution in [2.75, 3.05) is 23.3 Å². The number of nitrogens with zero attached hydrogens (tertiary/aromatic N) is 2. The van der Waals surface area contributed by atoms with Crippen LogP contribution in [0.3, 0.4) is 0 Å². The zero-order chi connectivity index (χ0) is 20.2. The van der Waals surface area contributed by atoms with Crippen LogP contribution in [0, 0.1) is 6.92 Å². The normalized spacial score (nSPS) is 13.4. The first-order chi connectivity index (χ1) is 14.1. The van der Waals surface area contributed by atoms with E-state index in [1.54, 1.807) is 23.2 Å². The summed E-state index contributed by atoms with van der Waals surface area (Å²) in [5.41, 5.74) is 3.55. The van der Waals surface area contributed by atoms with Crippen LogP contribution in [0.1, 0.15) is 17.9 Å². The van der Waals surface area contributed by atoms with Gasteiger partial charge in [-0.1, -0.05) is 35.9 Å². The molecular formula is C22H22N4O3. The quantitative estimate of drug-likeness (QED) is 0.671. The van der Waals surface area contributed by atoms with Crippen molar-refractivity contribution in [1.82, 2.24) is 10.3 Å². The fraction of sp³-hybridized carbons (Fsp3) is 0.227. The van der Waals surface area contributed by atoms with Crippen molar-refractivity contribution in [3.8, 4) is 11.3 Å². The van der Waals surface area contributed by atoms with E-state index < -0.39 is 0 Å². The van der Waals surface area contributed by atoms with Crippen molar-refractivity contribution in [3.63, 3.8) is 0 Å². The van der Waals surface area contributed by atoms with Gasteiger partial charge < -0.3 is 15.1 Å². The number of urea groups is 1. The van der Waals surface area contributed by atoms with Gasteiger partial charge in [-0.3, -0.25) is 9.69 Å². The zero-order valence-corrected chi connectivity index (χ0v) is 16.1. The van der Waals surface area contributed by atoms with Crippen LogP contribution in [0.15, 0.2) is 59.1 Å². The number of carbonyl (C=O) groups is 2. The molecular weight excluding hydrogens is 368 g/mol. The molecule has 2 N–H and O–H groups in total. The molecule has 4 rings (SSSR count). The van der Waals surface area contributed by atoms with Gasteiger partial charge in [0.2, 0.25) is 5.91 Å². The molecule has 1 saturated heterocycles. The Morgan fingerprint density at radius 2 is 2.07 bits per heavy atom. The smallest absolute Gasteiger partial charge is 0.321 e. The van der Waals surface area contributed by atoms with Gasteiger partial charge in [0.15, 0.2) is 11.7 Å². The molecule has 29 heavy (non-hydrogen) atoms. The minimum absolute atomic E-state index is 0.123. The molecule has 0 radical (unpaired) electrons. The molecule has 3 aromatic rings. The molecule has 3 amide bonds. The number of aromatic nitrogens is 1. The van der Waals surface area contributed by atoms with Crippen LogP contribution < -0.4 is 15.5 Å². The van der Waals surface area contributed by atoms with Gasteiger partial charge in [0.1, 0.15) is 0 Å². The first kappa shape index (κ1) is 18.7. The summed E-state index contributed by atoms with van der Waals surface area (Å²) in [4.78, 5) is 30.0. The average Bonchev–Trinajstić information content (AvgIpc) is 3.36.